The average Bonchev–Trinajstić information content (AvgIpc) is 3.20. The van der Waals surface area contributed by atoms with Crippen molar-refractivity contribution < 1.29 is 14.0 Å². The van der Waals surface area contributed by atoms with Gasteiger partial charge in [0.2, 0.25) is 5.91 Å². The number of carbonyl (C=O) groups is 2. The van der Waals surface area contributed by atoms with Crippen LogP contribution >= 0.6 is 0 Å². The highest BCUT2D eigenvalue weighted by Gasteiger charge is 2.31. The molecule has 0 spiro atoms. The summed E-state index contributed by atoms with van der Waals surface area (Å²) in [4.78, 5) is 37.8. The second-order valence-electron chi connectivity index (χ2n) is 8.08. The number of oxazole rings is 1. The second kappa shape index (κ2) is 8.76. The number of likely N-dealkylation sites (tertiary alicyclic amines) is 2. The monoisotopic (exact) mass is 396 g/mol. The van der Waals surface area contributed by atoms with E-state index in [9.17, 15) is 9.59 Å². The van der Waals surface area contributed by atoms with E-state index in [0.717, 1.165) is 44.2 Å². The van der Waals surface area contributed by atoms with E-state index in [-0.39, 0.29) is 17.9 Å². The van der Waals surface area contributed by atoms with E-state index in [1.54, 1.807) is 13.1 Å². The van der Waals surface area contributed by atoms with Gasteiger partial charge >= 0.3 is 0 Å². The maximum Gasteiger partial charge on any atom is 0.275 e. The first-order chi connectivity index (χ1) is 14.1. The Morgan fingerprint density at radius 1 is 1.17 bits per heavy atom. The van der Waals surface area contributed by atoms with Crippen molar-refractivity contribution in [2.24, 2.45) is 5.92 Å². The lowest BCUT2D eigenvalue weighted by Gasteiger charge is -2.38. The number of hydrogen-bond donors (Lipinski definition) is 0. The molecule has 2 saturated heterocycles. The largest absolute Gasteiger partial charge is 0.448 e. The summed E-state index contributed by atoms with van der Waals surface area (Å²) >= 11 is 0. The molecule has 2 aliphatic heterocycles. The van der Waals surface area contributed by atoms with E-state index in [1.165, 1.54) is 6.26 Å². The molecule has 2 amide bonds. The smallest absolute Gasteiger partial charge is 0.275 e. The Kier molecular flexibility index (Phi) is 5.92. The van der Waals surface area contributed by atoms with Gasteiger partial charge in [-0.25, -0.2) is 4.98 Å². The van der Waals surface area contributed by atoms with Crippen molar-refractivity contribution >= 4 is 11.8 Å². The lowest BCUT2D eigenvalue weighted by atomic mass is 9.90. The Labute approximate surface area is 171 Å². The fourth-order valence-corrected chi connectivity index (χ4v) is 4.48. The van der Waals surface area contributed by atoms with E-state index >= 15 is 0 Å². The molecular formula is C22H28N4O3. The SMILES string of the molecule is Cc1nc(C(=O)N2CCC(CC(=O)N3CCCC[C@@H]3c3cccnc3)CC2)co1. The van der Waals surface area contributed by atoms with E-state index in [4.69, 9.17) is 4.42 Å². The summed E-state index contributed by atoms with van der Waals surface area (Å²) in [7, 11) is 0. The fraction of sp³-hybridized carbons (Fsp3) is 0.545. The predicted molar refractivity (Wildman–Crippen MR) is 107 cm³/mol. The summed E-state index contributed by atoms with van der Waals surface area (Å²) in [6, 6.07) is 4.15. The molecule has 7 heteroatoms. The van der Waals surface area contributed by atoms with E-state index < -0.39 is 0 Å². The van der Waals surface area contributed by atoms with E-state index in [0.29, 0.717) is 37.0 Å². The minimum Gasteiger partial charge on any atom is -0.448 e. The number of nitrogens with zero attached hydrogens (tertiary/aromatic N) is 4. The molecule has 2 aromatic rings. The van der Waals surface area contributed by atoms with Gasteiger partial charge in [0.05, 0.1) is 6.04 Å². The van der Waals surface area contributed by atoms with E-state index in [1.807, 2.05) is 17.2 Å². The number of aromatic nitrogens is 2. The molecule has 2 aliphatic rings. The standard InChI is InChI=1S/C22H28N4O3/c1-16-24-19(15-29-16)22(28)25-11-7-17(8-12-25)13-21(27)26-10-3-2-6-20(26)18-5-4-9-23-14-18/h4-5,9,14-15,17,20H,2-3,6-8,10-13H2,1H3/t20-/m1/s1. The first-order valence-electron chi connectivity index (χ1n) is 10.5. The van der Waals surface area contributed by atoms with Gasteiger partial charge in [-0.2, -0.15) is 0 Å². The van der Waals surface area contributed by atoms with Gasteiger partial charge in [0.1, 0.15) is 6.26 Å². The van der Waals surface area contributed by atoms with Gasteiger partial charge in [0.25, 0.3) is 5.91 Å². The van der Waals surface area contributed by atoms with Gasteiger partial charge in [-0.3, -0.25) is 14.6 Å². The summed E-state index contributed by atoms with van der Waals surface area (Å²) in [5.41, 5.74) is 1.49. The molecule has 4 rings (SSSR count). The van der Waals surface area contributed by atoms with Crippen LogP contribution in [0, 0.1) is 12.8 Å². The average molecular weight is 396 g/mol. The van der Waals surface area contributed by atoms with Crippen LogP contribution < -0.4 is 0 Å². The lowest BCUT2D eigenvalue weighted by Crippen LogP contribution is -2.42. The third-order valence-corrected chi connectivity index (χ3v) is 6.10. The Morgan fingerprint density at radius 3 is 2.69 bits per heavy atom. The fourth-order valence-electron chi connectivity index (χ4n) is 4.48. The number of rotatable bonds is 4. The number of hydrogen-bond acceptors (Lipinski definition) is 5. The van der Waals surface area contributed by atoms with Gasteiger partial charge in [-0.1, -0.05) is 6.07 Å². The van der Waals surface area contributed by atoms with Gasteiger partial charge in [0, 0.05) is 45.4 Å². The zero-order valence-electron chi connectivity index (χ0n) is 16.9. The van der Waals surface area contributed by atoms with Crippen molar-refractivity contribution in [3.05, 3.63) is 47.9 Å². The summed E-state index contributed by atoms with van der Waals surface area (Å²) in [5.74, 6) is 0.968. The van der Waals surface area contributed by atoms with Crippen LogP contribution in [0.4, 0.5) is 0 Å². The molecule has 0 aliphatic carbocycles. The Balaban J connectivity index is 1.32. The Bertz CT molecular complexity index is 843. The highest BCUT2D eigenvalue weighted by atomic mass is 16.3. The Hall–Kier alpha value is -2.70. The molecule has 29 heavy (non-hydrogen) atoms. The van der Waals surface area contributed by atoms with Gasteiger partial charge in [-0.15, -0.1) is 0 Å². The number of pyridine rings is 1. The summed E-state index contributed by atoms with van der Waals surface area (Å²) in [6.45, 7) is 3.87. The van der Waals surface area contributed by atoms with Crippen LogP contribution in [-0.4, -0.2) is 51.2 Å². The summed E-state index contributed by atoms with van der Waals surface area (Å²) < 4.78 is 5.15. The lowest BCUT2D eigenvalue weighted by molar-refractivity contribution is -0.136. The number of aryl methyl sites for hydroxylation is 1. The first-order valence-corrected chi connectivity index (χ1v) is 10.5. The zero-order chi connectivity index (χ0) is 20.2. The van der Waals surface area contributed by atoms with E-state index in [2.05, 4.69) is 20.9 Å². The molecule has 0 bridgehead atoms. The summed E-state index contributed by atoms with van der Waals surface area (Å²) in [5, 5.41) is 0. The molecular weight excluding hydrogens is 368 g/mol. The van der Waals surface area contributed by atoms with Crippen molar-refractivity contribution in [2.45, 2.75) is 51.5 Å². The minimum absolute atomic E-state index is 0.0840. The molecule has 0 N–H and O–H groups in total. The maximum atomic E-state index is 13.1. The van der Waals surface area contributed by atoms with Crippen LogP contribution in [-0.2, 0) is 4.79 Å². The van der Waals surface area contributed by atoms with Gasteiger partial charge < -0.3 is 14.2 Å². The number of carbonyl (C=O) groups excluding carboxylic acids is 2. The molecule has 0 unspecified atom stereocenters. The molecule has 0 saturated carbocycles. The molecule has 1 atom stereocenters. The third kappa shape index (κ3) is 4.49. The van der Waals surface area contributed by atoms with Crippen LogP contribution in [0.1, 0.15) is 66.5 Å². The molecule has 2 fully saturated rings. The number of piperidine rings is 2. The zero-order valence-corrected chi connectivity index (χ0v) is 16.9. The van der Waals surface area contributed by atoms with Crippen LogP contribution in [0.25, 0.3) is 0 Å². The van der Waals surface area contributed by atoms with Crippen molar-refractivity contribution in [3.63, 3.8) is 0 Å². The normalized spacial score (nSPS) is 20.7. The number of amides is 2. The molecule has 0 radical (unpaired) electrons. The maximum absolute atomic E-state index is 13.1. The van der Waals surface area contributed by atoms with Crippen LogP contribution in [0.5, 0.6) is 0 Å². The predicted octanol–water partition coefficient (Wildman–Crippen LogP) is 3.37. The molecule has 154 valence electrons. The van der Waals surface area contributed by atoms with Crippen LogP contribution in [0.3, 0.4) is 0 Å². The topological polar surface area (TPSA) is 79.5 Å². The van der Waals surface area contributed by atoms with Crippen LogP contribution in [0.2, 0.25) is 0 Å². The Morgan fingerprint density at radius 2 is 2.00 bits per heavy atom. The molecule has 0 aromatic carbocycles. The van der Waals surface area contributed by atoms with Crippen molar-refractivity contribution in [2.75, 3.05) is 19.6 Å². The minimum atomic E-state index is -0.0840. The van der Waals surface area contributed by atoms with Crippen molar-refractivity contribution in [3.8, 4) is 0 Å². The third-order valence-electron chi connectivity index (χ3n) is 6.10. The molecule has 7 nitrogen and oxygen atoms in total. The van der Waals surface area contributed by atoms with Gasteiger partial charge in [0.15, 0.2) is 11.6 Å². The quantitative estimate of drug-likeness (QED) is 0.792. The van der Waals surface area contributed by atoms with Crippen molar-refractivity contribution in [1.82, 2.24) is 19.8 Å². The highest BCUT2D eigenvalue weighted by Crippen LogP contribution is 2.32. The van der Waals surface area contributed by atoms with Crippen LogP contribution in [0.15, 0.2) is 35.2 Å². The van der Waals surface area contributed by atoms with Crippen molar-refractivity contribution in [1.29, 1.82) is 0 Å². The summed E-state index contributed by atoms with van der Waals surface area (Å²) in [6.07, 6.45) is 10.5. The second-order valence-corrected chi connectivity index (χ2v) is 8.08. The van der Waals surface area contributed by atoms with Gasteiger partial charge in [-0.05, 0) is 49.7 Å². The highest BCUT2D eigenvalue weighted by molar-refractivity contribution is 5.92. The molecule has 4 heterocycles. The first kappa shape index (κ1) is 19.6. The molecule has 2 aromatic heterocycles.